The maximum absolute atomic E-state index is 12.1. The van der Waals surface area contributed by atoms with Gasteiger partial charge in [0.25, 0.3) is 5.91 Å². The first-order chi connectivity index (χ1) is 8.72. The fraction of sp³-hybridized carbons (Fsp3) is 0.571. The van der Waals surface area contributed by atoms with Gasteiger partial charge in [-0.3, -0.25) is 9.69 Å². The molecule has 1 aromatic rings. The summed E-state index contributed by atoms with van der Waals surface area (Å²) in [6.45, 7) is 7.18. The Hall–Kier alpha value is -1.42. The van der Waals surface area contributed by atoms with Crippen molar-refractivity contribution in [2.24, 2.45) is 5.92 Å². The summed E-state index contributed by atoms with van der Waals surface area (Å²) in [5.74, 6) is 0.885. The Morgan fingerprint density at radius 2 is 2.17 bits per heavy atom. The number of nitrogens with zero attached hydrogens (tertiary/aromatic N) is 3. The Kier molecular flexibility index (Phi) is 3.04. The number of carbonyl (C=O) groups excluding carboxylic acids is 1. The van der Waals surface area contributed by atoms with E-state index in [9.17, 15) is 4.79 Å². The summed E-state index contributed by atoms with van der Waals surface area (Å²) in [6, 6.07) is 5.78. The first kappa shape index (κ1) is 11.7. The van der Waals surface area contributed by atoms with E-state index in [0.29, 0.717) is 5.69 Å². The van der Waals surface area contributed by atoms with Gasteiger partial charge in [0.1, 0.15) is 5.69 Å². The molecule has 3 heterocycles. The van der Waals surface area contributed by atoms with Gasteiger partial charge in [-0.1, -0.05) is 13.0 Å². The summed E-state index contributed by atoms with van der Waals surface area (Å²) < 4.78 is 0. The molecule has 0 N–H and O–H groups in total. The van der Waals surface area contributed by atoms with Crippen LogP contribution in [0.3, 0.4) is 0 Å². The molecule has 1 amide bonds. The molecule has 0 aromatic carbocycles. The minimum atomic E-state index is 0.0834. The number of hydrogen-bond acceptors (Lipinski definition) is 3. The molecule has 2 aliphatic heterocycles. The van der Waals surface area contributed by atoms with Gasteiger partial charge in [0.15, 0.2) is 0 Å². The van der Waals surface area contributed by atoms with Crippen molar-refractivity contribution in [2.45, 2.75) is 19.9 Å². The van der Waals surface area contributed by atoms with E-state index < -0.39 is 0 Å². The Morgan fingerprint density at radius 3 is 2.78 bits per heavy atom. The van der Waals surface area contributed by atoms with E-state index in [1.807, 2.05) is 23.1 Å². The van der Waals surface area contributed by atoms with Crippen LogP contribution in [-0.4, -0.2) is 46.9 Å². The number of carbonyl (C=O) groups is 1. The van der Waals surface area contributed by atoms with Crippen LogP contribution in [0.4, 0.5) is 0 Å². The van der Waals surface area contributed by atoms with Gasteiger partial charge in [0, 0.05) is 32.7 Å². The third-order valence-corrected chi connectivity index (χ3v) is 3.69. The fourth-order valence-electron chi connectivity index (χ4n) is 2.55. The minimum absolute atomic E-state index is 0.0834. The first-order valence-electron chi connectivity index (χ1n) is 6.70. The molecule has 4 nitrogen and oxygen atoms in total. The van der Waals surface area contributed by atoms with Gasteiger partial charge >= 0.3 is 0 Å². The highest BCUT2D eigenvalue weighted by atomic mass is 16.2. The molecular weight excluding hydrogens is 226 g/mol. The second-order valence-electron chi connectivity index (χ2n) is 5.46. The topological polar surface area (TPSA) is 36.4 Å². The molecule has 2 aliphatic rings. The lowest BCUT2D eigenvalue weighted by Crippen LogP contribution is -2.44. The largest absolute Gasteiger partial charge is 0.337 e. The normalized spacial score (nSPS) is 20.4. The van der Waals surface area contributed by atoms with Crippen molar-refractivity contribution in [3.05, 3.63) is 29.6 Å². The smallest absolute Gasteiger partial charge is 0.272 e. The van der Waals surface area contributed by atoms with E-state index in [1.165, 1.54) is 0 Å². The maximum Gasteiger partial charge on any atom is 0.272 e. The van der Waals surface area contributed by atoms with Crippen LogP contribution in [0.5, 0.6) is 0 Å². The Bertz CT molecular complexity index is 450. The zero-order chi connectivity index (χ0) is 12.5. The molecule has 0 aliphatic carbocycles. The summed E-state index contributed by atoms with van der Waals surface area (Å²) in [5.41, 5.74) is 1.61. The number of aromatic nitrogens is 1. The quantitative estimate of drug-likeness (QED) is 0.807. The van der Waals surface area contributed by atoms with Crippen molar-refractivity contribution in [1.29, 1.82) is 0 Å². The maximum atomic E-state index is 12.1. The van der Waals surface area contributed by atoms with E-state index in [1.54, 1.807) is 0 Å². The van der Waals surface area contributed by atoms with Crippen LogP contribution in [0.2, 0.25) is 0 Å². The summed E-state index contributed by atoms with van der Waals surface area (Å²) in [6.07, 6.45) is 1.12. The molecule has 2 fully saturated rings. The number of pyridine rings is 1. The minimum Gasteiger partial charge on any atom is -0.337 e. The van der Waals surface area contributed by atoms with Crippen molar-refractivity contribution in [3.63, 3.8) is 0 Å². The average molecular weight is 245 g/mol. The van der Waals surface area contributed by atoms with Gasteiger partial charge < -0.3 is 4.90 Å². The zero-order valence-electron chi connectivity index (χ0n) is 10.8. The molecule has 0 atom stereocenters. The number of rotatable bonds is 3. The second-order valence-corrected chi connectivity index (χ2v) is 5.46. The fourth-order valence-corrected chi connectivity index (χ4v) is 2.55. The Labute approximate surface area is 108 Å². The lowest BCUT2D eigenvalue weighted by Gasteiger charge is -2.36. The number of hydrogen-bond donors (Lipinski definition) is 0. The van der Waals surface area contributed by atoms with Crippen LogP contribution in [0, 0.1) is 5.92 Å². The molecule has 0 bridgehead atoms. The zero-order valence-corrected chi connectivity index (χ0v) is 10.8. The van der Waals surface area contributed by atoms with Crippen molar-refractivity contribution < 1.29 is 4.79 Å². The van der Waals surface area contributed by atoms with Crippen molar-refractivity contribution in [3.8, 4) is 0 Å². The average Bonchev–Trinajstić information content (AvgIpc) is 2.25. The Balaban J connectivity index is 1.66. The predicted octanol–water partition coefficient (Wildman–Crippen LogP) is 1.38. The highest BCUT2D eigenvalue weighted by Crippen LogP contribution is 2.17. The first-order valence-corrected chi connectivity index (χ1v) is 6.70. The molecule has 0 spiro atoms. The molecule has 1 aromatic heterocycles. The van der Waals surface area contributed by atoms with Gasteiger partial charge in [-0.15, -0.1) is 0 Å². The lowest BCUT2D eigenvalue weighted by molar-refractivity contribution is 0.0644. The molecule has 96 valence electrons. The lowest BCUT2D eigenvalue weighted by atomic mass is 10.0. The number of amides is 1. The van der Waals surface area contributed by atoms with Gasteiger partial charge in [-0.25, -0.2) is 4.98 Å². The van der Waals surface area contributed by atoms with Crippen LogP contribution in [0.1, 0.15) is 29.5 Å². The summed E-state index contributed by atoms with van der Waals surface area (Å²) in [5, 5.41) is 0. The van der Waals surface area contributed by atoms with Crippen LogP contribution < -0.4 is 0 Å². The van der Waals surface area contributed by atoms with Crippen LogP contribution >= 0.6 is 0 Å². The van der Waals surface area contributed by atoms with Gasteiger partial charge in [0.05, 0.1) is 5.69 Å². The van der Waals surface area contributed by atoms with Crippen LogP contribution in [-0.2, 0) is 6.54 Å². The molecule has 0 saturated carbocycles. The van der Waals surface area contributed by atoms with Crippen molar-refractivity contribution >= 4 is 5.91 Å². The van der Waals surface area contributed by atoms with E-state index in [2.05, 4.69) is 16.8 Å². The molecule has 18 heavy (non-hydrogen) atoms. The van der Waals surface area contributed by atoms with Crippen LogP contribution in [0.15, 0.2) is 18.2 Å². The molecule has 3 rings (SSSR count). The molecule has 0 unspecified atom stereocenters. The third-order valence-electron chi connectivity index (χ3n) is 3.69. The highest BCUT2D eigenvalue weighted by Gasteiger charge is 2.24. The van der Waals surface area contributed by atoms with Crippen molar-refractivity contribution in [1.82, 2.24) is 14.8 Å². The second kappa shape index (κ2) is 4.69. The number of likely N-dealkylation sites (tertiary alicyclic amines) is 2. The van der Waals surface area contributed by atoms with Gasteiger partial charge in [0.2, 0.25) is 0 Å². The molecular formula is C14H19N3O. The molecule has 0 radical (unpaired) electrons. The SMILES string of the molecule is CC1CN(Cc2cccc(C(=O)N3CCC3)n2)C1. The van der Waals surface area contributed by atoms with Gasteiger partial charge in [-0.2, -0.15) is 0 Å². The summed E-state index contributed by atoms with van der Waals surface area (Å²) >= 11 is 0. The predicted molar refractivity (Wildman–Crippen MR) is 69.2 cm³/mol. The van der Waals surface area contributed by atoms with Crippen LogP contribution in [0.25, 0.3) is 0 Å². The third kappa shape index (κ3) is 2.25. The van der Waals surface area contributed by atoms with Gasteiger partial charge in [-0.05, 0) is 24.5 Å². The highest BCUT2D eigenvalue weighted by molar-refractivity contribution is 5.92. The van der Waals surface area contributed by atoms with E-state index in [4.69, 9.17) is 0 Å². The van der Waals surface area contributed by atoms with Crippen molar-refractivity contribution in [2.75, 3.05) is 26.2 Å². The van der Waals surface area contributed by atoms with E-state index in [0.717, 1.165) is 50.8 Å². The summed E-state index contributed by atoms with van der Waals surface area (Å²) in [7, 11) is 0. The standard InChI is InChI=1S/C14H19N3O/c1-11-8-16(9-11)10-12-4-2-5-13(15-12)14(18)17-6-3-7-17/h2,4-5,11H,3,6-10H2,1H3. The van der Waals surface area contributed by atoms with E-state index in [-0.39, 0.29) is 5.91 Å². The monoisotopic (exact) mass is 245 g/mol. The molecule has 4 heteroatoms. The summed E-state index contributed by atoms with van der Waals surface area (Å²) in [4.78, 5) is 20.8. The molecule has 2 saturated heterocycles. The van der Waals surface area contributed by atoms with E-state index >= 15 is 0 Å². The Morgan fingerprint density at radius 1 is 1.39 bits per heavy atom.